The van der Waals surface area contributed by atoms with Crippen molar-refractivity contribution in [3.63, 3.8) is 0 Å². The Kier molecular flexibility index (Phi) is 7.54. The van der Waals surface area contributed by atoms with E-state index >= 15 is 0 Å². The summed E-state index contributed by atoms with van der Waals surface area (Å²) < 4.78 is 17.8. The molecule has 0 amide bonds. The zero-order chi connectivity index (χ0) is 24.9. The number of nitrogens with zero attached hydrogens (tertiary/aromatic N) is 1. The lowest BCUT2D eigenvalue weighted by Crippen LogP contribution is -2.33. The van der Waals surface area contributed by atoms with Gasteiger partial charge in [0.1, 0.15) is 23.9 Å². The van der Waals surface area contributed by atoms with Crippen LogP contribution in [0.2, 0.25) is 0 Å². The van der Waals surface area contributed by atoms with Gasteiger partial charge in [0, 0.05) is 32.6 Å². The van der Waals surface area contributed by atoms with Crippen LogP contribution in [0.1, 0.15) is 35.2 Å². The highest BCUT2D eigenvalue weighted by atomic mass is 32.1. The second-order valence-electron chi connectivity index (χ2n) is 9.00. The lowest BCUT2D eigenvalue weighted by atomic mass is 9.97. The van der Waals surface area contributed by atoms with Crippen LogP contribution in [-0.4, -0.2) is 51.1 Å². The first-order valence-electron chi connectivity index (χ1n) is 12.4. The summed E-state index contributed by atoms with van der Waals surface area (Å²) in [4.78, 5) is 17.3. The van der Waals surface area contributed by atoms with Gasteiger partial charge in [0.15, 0.2) is 5.78 Å². The molecule has 5 rings (SSSR count). The van der Waals surface area contributed by atoms with E-state index in [0.717, 1.165) is 57.4 Å². The van der Waals surface area contributed by atoms with E-state index in [0.29, 0.717) is 17.7 Å². The maximum atomic E-state index is 13.9. The zero-order valence-electron chi connectivity index (χ0n) is 20.8. The van der Waals surface area contributed by atoms with E-state index in [1.54, 1.807) is 25.6 Å². The van der Waals surface area contributed by atoms with Crippen LogP contribution < -0.4 is 14.2 Å². The number of methoxy groups -OCH3 is 2. The molecule has 0 saturated carbocycles. The highest BCUT2D eigenvalue weighted by Gasteiger charge is 2.22. The van der Waals surface area contributed by atoms with Gasteiger partial charge in [-0.15, -0.1) is 11.3 Å². The van der Waals surface area contributed by atoms with Gasteiger partial charge in [-0.1, -0.05) is 6.42 Å². The number of piperidine rings is 1. The first-order valence-corrected chi connectivity index (χ1v) is 13.2. The Morgan fingerprint density at radius 2 is 1.50 bits per heavy atom. The molecule has 1 aliphatic rings. The molecule has 1 aromatic heterocycles. The normalized spacial score (nSPS) is 14.1. The molecule has 1 saturated heterocycles. The molecule has 36 heavy (non-hydrogen) atoms. The Balaban J connectivity index is 1.41. The number of thiophene rings is 1. The Bertz CT molecular complexity index is 1320. The number of benzene rings is 3. The first kappa shape index (κ1) is 24.3. The molecule has 0 aliphatic carbocycles. The minimum Gasteiger partial charge on any atom is -0.497 e. The van der Waals surface area contributed by atoms with Crippen LogP contribution in [0.25, 0.3) is 20.5 Å². The molecule has 1 fully saturated rings. The average Bonchev–Trinajstić information content (AvgIpc) is 3.32. The topological polar surface area (TPSA) is 48.0 Å². The Labute approximate surface area is 216 Å². The van der Waals surface area contributed by atoms with E-state index in [1.807, 2.05) is 66.7 Å². The number of ketones is 1. The Morgan fingerprint density at radius 3 is 2.19 bits per heavy atom. The highest BCUT2D eigenvalue weighted by molar-refractivity contribution is 7.22. The van der Waals surface area contributed by atoms with Crippen LogP contribution in [0.3, 0.4) is 0 Å². The summed E-state index contributed by atoms with van der Waals surface area (Å²) in [5.41, 5.74) is 2.31. The molecule has 0 unspecified atom stereocenters. The van der Waals surface area contributed by atoms with Gasteiger partial charge in [0.25, 0.3) is 0 Å². The van der Waals surface area contributed by atoms with Crippen molar-refractivity contribution in [1.82, 2.24) is 4.90 Å². The van der Waals surface area contributed by atoms with Crippen molar-refractivity contribution in [3.05, 3.63) is 77.9 Å². The summed E-state index contributed by atoms with van der Waals surface area (Å²) in [6.45, 7) is 3.91. The van der Waals surface area contributed by atoms with Crippen LogP contribution in [0.15, 0.2) is 66.7 Å². The minimum atomic E-state index is -0.0137. The summed E-state index contributed by atoms with van der Waals surface area (Å²) in [6.07, 6.45) is 3.89. The fourth-order valence-electron chi connectivity index (χ4n) is 4.70. The number of carbonyl (C=O) groups excluding carboxylic acids is 1. The van der Waals surface area contributed by atoms with Crippen LogP contribution in [0.5, 0.6) is 17.2 Å². The smallest absolute Gasteiger partial charge is 0.195 e. The SMILES string of the molecule is COc1ccc(-c2sc3ccc(OC)cc3c2C(=O)c2ccc(OCCN3CCCCC3)cc2)cc1. The molecule has 3 aromatic carbocycles. The summed E-state index contributed by atoms with van der Waals surface area (Å²) in [6, 6.07) is 21.2. The molecule has 0 spiro atoms. The lowest BCUT2D eigenvalue weighted by Gasteiger charge is -2.26. The standard InChI is InChI=1S/C30H31NO4S/c1-33-23-10-8-22(9-11-23)30-28(26-20-25(34-2)14-15-27(26)36-30)29(32)21-6-12-24(13-7-21)35-19-18-31-16-4-3-5-17-31/h6-15,20H,3-5,16-19H2,1-2H3. The van der Waals surface area contributed by atoms with E-state index < -0.39 is 0 Å². The monoisotopic (exact) mass is 501 g/mol. The maximum Gasteiger partial charge on any atom is 0.195 e. The zero-order valence-corrected chi connectivity index (χ0v) is 21.6. The van der Waals surface area contributed by atoms with Crippen LogP contribution in [0, 0.1) is 0 Å². The van der Waals surface area contributed by atoms with Crippen LogP contribution in [-0.2, 0) is 0 Å². The molecule has 0 N–H and O–H groups in total. The predicted molar refractivity (Wildman–Crippen MR) is 146 cm³/mol. The third kappa shape index (κ3) is 5.25. The van der Waals surface area contributed by atoms with Gasteiger partial charge in [0.2, 0.25) is 0 Å². The molecular weight excluding hydrogens is 470 g/mol. The second-order valence-corrected chi connectivity index (χ2v) is 10.1. The fraction of sp³-hybridized carbons (Fsp3) is 0.300. The Hall–Kier alpha value is -3.35. The molecule has 0 radical (unpaired) electrons. The van der Waals surface area contributed by atoms with E-state index in [4.69, 9.17) is 14.2 Å². The maximum absolute atomic E-state index is 13.9. The van der Waals surface area contributed by atoms with E-state index in [9.17, 15) is 4.79 Å². The molecule has 4 aromatic rings. The van der Waals surface area contributed by atoms with Gasteiger partial charge < -0.3 is 14.2 Å². The van der Waals surface area contributed by atoms with Crippen molar-refractivity contribution in [1.29, 1.82) is 0 Å². The summed E-state index contributed by atoms with van der Waals surface area (Å²) in [7, 11) is 3.29. The number of fused-ring (bicyclic) bond motifs is 1. The number of ether oxygens (including phenoxy) is 3. The molecule has 6 heteroatoms. The van der Waals surface area contributed by atoms with Gasteiger partial charge in [0.05, 0.1) is 14.2 Å². The number of carbonyl (C=O) groups is 1. The summed E-state index contributed by atoms with van der Waals surface area (Å²) >= 11 is 1.61. The van der Waals surface area contributed by atoms with Crippen molar-refractivity contribution in [2.75, 3.05) is 40.5 Å². The van der Waals surface area contributed by atoms with Gasteiger partial charge in [-0.3, -0.25) is 9.69 Å². The quantitative estimate of drug-likeness (QED) is 0.239. The van der Waals surface area contributed by atoms with Gasteiger partial charge >= 0.3 is 0 Å². The van der Waals surface area contributed by atoms with Crippen molar-refractivity contribution >= 4 is 27.2 Å². The Morgan fingerprint density at radius 1 is 0.833 bits per heavy atom. The third-order valence-electron chi connectivity index (χ3n) is 6.72. The minimum absolute atomic E-state index is 0.0137. The average molecular weight is 502 g/mol. The number of likely N-dealkylation sites (tertiary alicyclic amines) is 1. The first-order chi connectivity index (χ1) is 17.7. The molecule has 0 atom stereocenters. The van der Waals surface area contributed by atoms with Crippen molar-refractivity contribution in [2.24, 2.45) is 0 Å². The highest BCUT2D eigenvalue weighted by Crippen LogP contribution is 2.41. The van der Waals surface area contributed by atoms with Crippen molar-refractivity contribution in [2.45, 2.75) is 19.3 Å². The predicted octanol–water partition coefficient (Wildman–Crippen LogP) is 6.68. The van der Waals surface area contributed by atoms with Crippen LogP contribution in [0.4, 0.5) is 0 Å². The molecule has 186 valence electrons. The van der Waals surface area contributed by atoms with Gasteiger partial charge in [-0.25, -0.2) is 0 Å². The second kappa shape index (κ2) is 11.1. The number of hydrogen-bond acceptors (Lipinski definition) is 6. The largest absolute Gasteiger partial charge is 0.497 e. The van der Waals surface area contributed by atoms with Crippen molar-refractivity contribution < 1.29 is 19.0 Å². The molecule has 1 aliphatic heterocycles. The van der Waals surface area contributed by atoms with E-state index in [-0.39, 0.29) is 5.78 Å². The molecule has 2 heterocycles. The summed E-state index contributed by atoms with van der Waals surface area (Å²) in [5, 5.41) is 0.900. The van der Waals surface area contributed by atoms with Gasteiger partial charge in [-0.05, 0) is 98.2 Å². The van der Waals surface area contributed by atoms with E-state index in [2.05, 4.69) is 4.90 Å². The fourth-order valence-corrected chi connectivity index (χ4v) is 5.88. The molecular formula is C30H31NO4S. The van der Waals surface area contributed by atoms with Crippen LogP contribution >= 0.6 is 11.3 Å². The molecule has 5 nitrogen and oxygen atoms in total. The third-order valence-corrected chi connectivity index (χ3v) is 7.94. The number of rotatable bonds is 9. The van der Waals surface area contributed by atoms with Gasteiger partial charge in [-0.2, -0.15) is 0 Å². The summed E-state index contributed by atoms with van der Waals surface area (Å²) in [5.74, 6) is 2.29. The van der Waals surface area contributed by atoms with E-state index in [1.165, 1.54) is 19.3 Å². The number of hydrogen-bond donors (Lipinski definition) is 0. The van der Waals surface area contributed by atoms with Crippen molar-refractivity contribution in [3.8, 4) is 27.7 Å². The lowest BCUT2D eigenvalue weighted by molar-refractivity contribution is 0.104. The molecule has 0 bridgehead atoms.